The SMILES string of the molecule is CCOc1cccc(CNC(=O)c2ccc(N3CCCC3)c(NC(=O)Nc3cc(C)cc(C)c3)c2)c1. The van der Waals surface area contributed by atoms with Gasteiger partial charge in [-0.15, -0.1) is 0 Å². The van der Waals surface area contributed by atoms with Crippen LogP contribution in [0.1, 0.15) is 46.8 Å². The number of rotatable bonds is 8. The highest BCUT2D eigenvalue weighted by molar-refractivity contribution is 6.04. The van der Waals surface area contributed by atoms with E-state index in [0.717, 1.165) is 59.7 Å². The standard InChI is InChI=1S/C29H34N4O3/c1-4-36-25-9-7-8-22(17-25)19-30-28(34)23-10-11-27(33-12-5-6-13-33)26(18-23)32-29(35)31-24-15-20(2)14-21(3)16-24/h7-11,14-18H,4-6,12-13,19H2,1-3H3,(H,30,34)(H2,31,32,35). The topological polar surface area (TPSA) is 82.7 Å². The lowest BCUT2D eigenvalue weighted by atomic mass is 10.1. The van der Waals surface area contributed by atoms with Crippen LogP contribution in [-0.4, -0.2) is 31.6 Å². The number of amides is 3. The number of benzene rings is 3. The second-order valence-corrected chi connectivity index (χ2v) is 9.14. The zero-order chi connectivity index (χ0) is 25.5. The van der Waals surface area contributed by atoms with Crippen LogP contribution in [0.25, 0.3) is 0 Å². The maximum atomic E-state index is 13.0. The lowest BCUT2D eigenvalue weighted by molar-refractivity contribution is 0.0951. The molecule has 188 valence electrons. The van der Waals surface area contributed by atoms with E-state index in [0.29, 0.717) is 24.4 Å². The molecule has 36 heavy (non-hydrogen) atoms. The summed E-state index contributed by atoms with van der Waals surface area (Å²) in [5, 5.41) is 8.87. The third-order valence-corrected chi connectivity index (χ3v) is 6.10. The van der Waals surface area contributed by atoms with Gasteiger partial charge in [0.2, 0.25) is 0 Å². The summed E-state index contributed by atoms with van der Waals surface area (Å²) < 4.78 is 5.54. The van der Waals surface area contributed by atoms with Crippen LogP contribution < -0.4 is 25.6 Å². The fraction of sp³-hybridized carbons (Fsp3) is 0.310. The Morgan fingerprint density at radius 3 is 2.39 bits per heavy atom. The molecule has 1 fully saturated rings. The first-order valence-corrected chi connectivity index (χ1v) is 12.5. The summed E-state index contributed by atoms with van der Waals surface area (Å²) >= 11 is 0. The lowest BCUT2D eigenvalue weighted by Gasteiger charge is -2.22. The predicted molar refractivity (Wildman–Crippen MR) is 145 cm³/mol. The Bertz CT molecular complexity index is 1210. The monoisotopic (exact) mass is 486 g/mol. The van der Waals surface area contributed by atoms with Gasteiger partial charge in [0, 0.05) is 30.9 Å². The second kappa shape index (κ2) is 11.6. The van der Waals surface area contributed by atoms with Crippen molar-refractivity contribution in [2.24, 2.45) is 0 Å². The average Bonchev–Trinajstić information content (AvgIpc) is 3.37. The number of anilines is 3. The first-order chi connectivity index (χ1) is 17.4. The van der Waals surface area contributed by atoms with Crippen molar-refractivity contribution >= 4 is 29.0 Å². The molecule has 1 heterocycles. The van der Waals surface area contributed by atoms with Crippen molar-refractivity contribution in [2.75, 3.05) is 35.2 Å². The minimum Gasteiger partial charge on any atom is -0.494 e. The number of nitrogens with zero attached hydrogens (tertiary/aromatic N) is 1. The van der Waals surface area contributed by atoms with Gasteiger partial charge >= 0.3 is 6.03 Å². The molecule has 0 aromatic heterocycles. The van der Waals surface area contributed by atoms with Crippen LogP contribution in [-0.2, 0) is 6.54 Å². The number of carbonyl (C=O) groups excluding carboxylic acids is 2. The zero-order valence-corrected chi connectivity index (χ0v) is 21.2. The van der Waals surface area contributed by atoms with Gasteiger partial charge in [-0.3, -0.25) is 4.79 Å². The van der Waals surface area contributed by atoms with Gasteiger partial charge in [0.25, 0.3) is 5.91 Å². The molecule has 0 radical (unpaired) electrons. The number of hydrogen-bond donors (Lipinski definition) is 3. The molecule has 0 bridgehead atoms. The lowest BCUT2D eigenvalue weighted by Crippen LogP contribution is -2.26. The molecular weight excluding hydrogens is 452 g/mol. The molecule has 3 aromatic rings. The Kier molecular flexibility index (Phi) is 8.10. The van der Waals surface area contributed by atoms with Gasteiger partial charge in [-0.25, -0.2) is 4.79 Å². The Balaban J connectivity index is 1.49. The van der Waals surface area contributed by atoms with Crippen molar-refractivity contribution in [1.29, 1.82) is 0 Å². The molecule has 4 rings (SSSR count). The highest BCUT2D eigenvalue weighted by Crippen LogP contribution is 2.30. The van der Waals surface area contributed by atoms with Crippen LogP contribution >= 0.6 is 0 Å². The highest BCUT2D eigenvalue weighted by atomic mass is 16.5. The van der Waals surface area contributed by atoms with Crippen LogP contribution in [0.3, 0.4) is 0 Å². The molecule has 3 N–H and O–H groups in total. The number of aryl methyl sites for hydroxylation is 2. The largest absolute Gasteiger partial charge is 0.494 e. The third kappa shape index (κ3) is 6.56. The van der Waals surface area contributed by atoms with Crippen molar-refractivity contribution in [3.05, 3.63) is 82.9 Å². The number of nitrogens with one attached hydrogen (secondary N) is 3. The van der Waals surface area contributed by atoms with E-state index in [1.54, 1.807) is 6.07 Å². The molecule has 0 unspecified atom stereocenters. The molecule has 1 saturated heterocycles. The molecular formula is C29H34N4O3. The summed E-state index contributed by atoms with van der Waals surface area (Å²) in [7, 11) is 0. The number of urea groups is 1. The molecule has 3 amide bonds. The van der Waals surface area contributed by atoms with Crippen LogP contribution in [0.15, 0.2) is 60.7 Å². The Morgan fingerprint density at radius 1 is 0.917 bits per heavy atom. The van der Waals surface area contributed by atoms with E-state index in [9.17, 15) is 9.59 Å². The van der Waals surface area contributed by atoms with Crippen molar-refractivity contribution in [1.82, 2.24) is 5.32 Å². The molecule has 0 spiro atoms. The van der Waals surface area contributed by atoms with Crippen LogP contribution in [0, 0.1) is 13.8 Å². The van der Waals surface area contributed by atoms with E-state index in [-0.39, 0.29) is 11.9 Å². The maximum absolute atomic E-state index is 13.0. The molecule has 0 saturated carbocycles. The number of ether oxygens (including phenoxy) is 1. The van der Waals surface area contributed by atoms with Crippen LogP contribution in [0.4, 0.5) is 21.9 Å². The fourth-order valence-electron chi connectivity index (χ4n) is 4.54. The molecule has 1 aliphatic rings. The van der Waals surface area contributed by atoms with E-state index in [4.69, 9.17) is 4.74 Å². The average molecular weight is 487 g/mol. The smallest absolute Gasteiger partial charge is 0.323 e. The first-order valence-electron chi connectivity index (χ1n) is 12.5. The normalized spacial score (nSPS) is 12.8. The van der Waals surface area contributed by atoms with Crippen molar-refractivity contribution < 1.29 is 14.3 Å². The minimum atomic E-state index is -0.342. The van der Waals surface area contributed by atoms with E-state index in [2.05, 4.69) is 26.9 Å². The van der Waals surface area contributed by atoms with Crippen molar-refractivity contribution in [3.8, 4) is 5.75 Å². The quantitative estimate of drug-likeness (QED) is 0.372. The third-order valence-electron chi connectivity index (χ3n) is 6.10. The van der Waals surface area contributed by atoms with Gasteiger partial charge in [0.1, 0.15) is 5.75 Å². The summed E-state index contributed by atoms with van der Waals surface area (Å²) in [5.74, 6) is 0.572. The highest BCUT2D eigenvalue weighted by Gasteiger charge is 2.19. The van der Waals surface area contributed by atoms with Crippen LogP contribution in [0.5, 0.6) is 5.75 Å². The molecule has 0 atom stereocenters. The predicted octanol–water partition coefficient (Wildman–Crippen LogP) is 5.88. The molecule has 7 nitrogen and oxygen atoms in total. The van der Waals surface area contributed by atoms with Gasteiger partial charge in [-0.2, -0.15) is 0 Å². The number of hydrogen-bond acceptors (Lipinski definition) is 4. The maximum Gasteiger partial charge on any atom is 0.323 e. The summed E-state index contributed by atoms with van der Waals surface area (Å²) in [6.07, 6.45) is 2.22. The summed E-state index contributed by atoms with van der Waals surface area (Å²) in [5.41, 5.74) is 5.86. The van der Waals surface area contributed by atoms with E-state index in [1.165, 1.54) is 0 Å². The first kappa shape index (κ1) is 25.1. The van der Waals surface area contributed by atoms with Gasteiger partial charge in [0.15, 0.2) is 0 Å². The van der Waals surface area contributed by atoms with Crippen molar-refractivity contribution in [3.63, 3.8) is 0 Å². The second-order valence-electron chi connectivity index (χ2n) is 9.14. The van der Waals surface area contributed by atoms with Gasteiger partial charge < -0.3 is 25.6 Å². The summed E-state index contributed by atoms with van der Waals surface area (Å²) in [6, 6.07) is 18.7. The van der Waals surface area contributed by atoms with Gasteiger partial charge in [-0.05, 0) is 92.8 Å². The Morgan fingerprint density at radius 2 is 1.67 bits per heavy atom. The fourth-order valence-corrected chi connectivity index (χ4v) is 4.54. The van der Waals surface area contributed by atoms with Gasteiger partial charge in [0.05, 0.1) is 18.0 Å². The van der Waals surface area contributed by atoms with Crippen LogP contribution in [0.2, 0.25) is 0 Å². The van der Waals surface area contributed by atoms with E-state index >= 15 is 0 Å². The summed E-state index contributed by atoms with van der Waals surface area (Å²) in [4.78, 5) is 28.1. The molecule has 1 aliphatic heterocycles. The van der Waals surface area contributed by atoms with Gasteiger partial charge in [-0.1, -0.05) is 18.2 Å². The molecule has 0 aliphatic carbocycles. The van der Waals surface area contributed by atoms with E-state index in [1.807, 2.05) is 69.3 Å². The Hall–Kier alpha value is -4.00. The number of carbonyl (C=O) groups is 2. The molecule has 7 heteroatoms. The minimum absolute atomic E-state index is 0.206. The van der Waals surface area contributed by atoms with Crippen molar-refractivity contribution in [2.45, 2.75) is 40.2 Å². The van der Waals surface area contributed by atoms with E-state index < -0.39 is 0 Å². The zero-order valence-electron chi connectivity index (χ0n) is 21.2. The Labute approximate surface area is 212 Å². The molecule has 3 aromatic carbocycles. The summed E-state index contributed by atoms with van der Waals surface area (Å²) in [6.45, 7) is 8.75.